The average molecular weight is 425 g/mol. The van der Waals surface area contributed by atoms with Crippen LogP contribution < -0.4 is 10.6 Å². The number of hydrogen-bond donors (Lipinski definition) is 2. The maximum Gasteiger partial charge on any atom is 0.191 e. The molecule has 0 amide bonds. The fraction of sp³-hybridized carbons (Fsp3) is 0.938. The lowest BCUT2D eigenvalue weighted by Gasteiger charge is -2.37. The van der Waals surface area contributed by atoms with Crippen LogP contribution in [0.5, 0.6) is 0 Å². The summed E-state index contributed by atoms with van der Waals surface area (Å²) >= 11 is 0. The van der Waals surface area contributed by atoms with Crippen molar-refractivity contribution in [2.75, 3.05) is 46.3 Å². The maximum absolute atomic E-state index is 4.32. The highest BCUT2D eigenvalue weighted by atomic mass is 127. The van der Waals surface area contributed by atoms with Crippen molar-refractivity contribution < 1.29 is 0 Å². The minimum absolute atomic E-state index is 0. The fourth-order valence-corrected chi connectivity index (χ4v) is 2.47. The van der Waals surface area contributed by atoms with Crippen molar-refractivity contribution in [1.82, 2.24) is 20.4 Å². The van der Waals surface area contributed by atoms with E-state index in [2.05, 4.69) is 60.0 Å². The molecule has 1 aliphatic heterocycles. The summed E-state index contributed by atoms with van der Waals surface area (Å²) in [7, 11) is 1.84. The number of rotatable bonds is 6. The van der Waals surface area contributed by atoms with Crippen LogP contribution in [-0.2, 0) is 0 Å². The van der Waals surface area contributed by atoms with E-state index in [4.69, 9.17) is 0 Å². The highest BCUT2D eigenvalue weighted by molar-refractivity contribution is 14.0. The van der Waals surface area contributed by atoms with Gasteiger partial charge in [-0.15, -0.1) is 24.0 Å². The second-order valence-electron chi connectivity index (χ2n) is 6.45. The lowest BCUT2D eigenvalue weighted by molar-refractivity contribution is 0.107. The minimum Gasteiger partial charge on any atom is -0.355 e. The Morgan fingerprint density at radius 1 is 1.09 bits per heavy atom. The topological polar surface area (TPSA) is 42.9 Å². The quantitative estimate of drug-likeness (QED) is 0.387. The number of guanidine groups is 1. The summed E-state index contributed by atoms with van der Waals surface area (Å²) in [6, 6.07) is 0.969. The van der Waals surface area contributed by atoms with Crippen LogP contribution in [0.3, 0.4) is 0 Å². The van der Waals surface area contributed by atoms with Crippen LogP contribution in [0.4, 0.5) is 0 Å². The van der Waals surface area contributed by atoms with Crippen LogP contribution >= 0.6 is 24.0 Å². The van der Waals surface area contributed by atoms with Gasteiger partial charge in [-0.2, -0.15) is 0 Å². The molecule has 1 fully saturated rings. The predicted octanol–water partition coefficient (Wildman–Crippen LogP) is 1.84. The fourth-order valence-electron chi connectivity index (χ4n) is 2.47. The SMILES string of the molecule is CCN1CCN(C(C)CNC(=NC)NC(C)C(C)C)CC1.I. The van der Waals surface area contributed by atoms with Crippen molar-refractivity contribution >= 4 is 29.9 Å². The Kier molecular flexibility index (Phi) is 11.4. The first-order valence-electron chi connectivity index (χ1n) is 8.41. The van der Waals surface area contributed by atoms with E-state index >= 15 is 0 Å². The number of nitrogens with one attached hydrogen (secondary N) is 2. The number of aliphatic imine (C=N–C) groups is 1. The van der Waals surface area contributed by atoms with E-state index in [1.807, 2.05) is 7.05 Å². The lowest BCUT2D eigenvalue weighted by atomic mass is 10.1. The average Bonchev–Trinajstić information content (AvgIpc) is 2.50. The number of piperazine rings is 1. The Labute approximate surface area is 154 Å². The van der Waals surface area contributed by atoms with Gasteiger partial charge in [-0.3, -0.25) is 9.89 Å². The van der Waals surface area contributed by atoms with Gasteiger partial charge in [-0.25, -0.2) is 0 Å². The second kappa shape index (κ2) is 11.5. The molecule has 1 heterocycles. The Morgan fingerprint density at radius 3 is 2.14 bits per heavy atom. The molecule has 5 nitrogen and oxygen atoms in total. The Balaban J connectivity index is 0.00000441. The molecule has 6 heteroatoms. The molecule has 0 aromatic rings. The molecule has 0 aliphatic carbocycles. The molecule has 22 heavy (non-hydrogen) atoms. The zero-order chi connectivity index (χ0) is 15.8. The Morgan fingerprint density at radius 2 is 1.68 bits per heavy atom. The van der Waals surface area contributed by atoms with E-state index in [-0.39, 0.29) is 24.0 Å². The summed E-state index contributed by atoms with van der Waals surface area (Å²) in [5.74, 6) is 1.51. The van der Waals surface area contributed by atoms with Crippen LogP contribution in [0.1, 0.15) is 34.6 Å². The Bertz CT molecular complexity index is 314. The molecule has 0 aromatic carbocycles. The molecule has 2 N–H and O–H groups in total. The highest BCUT2D eigenvalue weighted by Gasteiger charge is 2.20. The largest absolute Gasteiger partial charge is 0.355 e. The van der Waals surface area contributed by atoms with E-state index in [1.54, 1.807) is 0 Å². The van der Waals surface area contributed by atoms with Crippen LogP contribution in [0.25, 0.3) is 0 Å². The van der Waals surface area contributed by atoms with Crippen molar-refractivity contribution in [2.24, 2.45) is 10.9 Å². The van der Waals surface area contributed by atoms with Gasteiger partial charge in [-0.1, -0.05) is 20.8 Å². The van der Waals surface area contributed by atoms with Crippen LogP contribution in [0.15, 0.2) is 4.99 Å². The summed E-state index contributed by atoms with van der Waals surface area (Å²) in [5.41, 5.74) is 0. The number of likely N-dealkylation sites (N-methyl/N-ethyl adjacent to an activating group) is 1. The number of halogens is 1. The molecule has 0 radical (unpaired) electrons. The van der Waals surface area contributed by atoms with Crippen molar-refractivity contribution in [3.05, 3.63) is 0 Å². The Hall–Kier alpha value is -0.0800. The van der Waals surface area contributed by atoms with Crippen molar-refractivity contribution in [2.45, 2.75) is 46.7 Å². The molecule has 132 valence electrons. The third-order valence-electron chi connectivity index (χ3n) is 4.63. The molecule has 0 spiro atoms. The van der Waals surface area contributed by atoms with Crippen molar-refractivity contribution in [1.29, 1.82) is 0 Å². The molecular formula is C16H36IN5. The second-order valence-corrected chi connectivity index (χ2v) is 6.45. The van der Waals surface area contributed by atoms with Crippen LogP contribution in [0, 0.1) is 5.92 Å². The zero-order valence-corrected chi connectivity index (χ0v) is 17.6. The minimum atomic E-state index is 0. The first-order chi connectivity index (χ1) is 9.97. The first kappa shape index (κ1) is 21.9. The van der Waals surface area contributed by atoms with Gasteiger partial charge in [0.05, 0.1) is 0 Å². The van der Waals surface area contributed by atoms with Gasteiger partial charge in [0, 0.05) is 51.9 Å². The molecule has 0 aromatic heterocycles. The monoisotopic (exact) mass is 425 g/mol. The van der Waals surface area contributed by atoms with E-state index in [0.29, 0.717) is 18.0 Å². The van der Waals surface area contributed by atoms with E-state index < -0.39 is 0 Å². The third kappa shape index (κ3) is 7.46. The van der Waals surface area contributed by atoms with Gasteiger partial charge in [0.1, 0.15) is 0 Å². The summed E-state index contributed by atoms with van der Waals surface area (Å²) in [5, 5.41) is 6.91. The normalized spacial score (nSPS) is 20.4. The van der Waals surface area contributed by atoms with Gasteiger partial charge in [0.15, 0.2) is 5.96 Å². The van der Waals surface area contributed by atoms with E-state index in [0.717, 1.165) is 12.5 Å². The van der Waals surface area contributed by atoms with Gasteiger partial charge < -0.3 is 15.5 Å². The molecular weight excluding hydrogens is 389 g/mol. The standard InChI is InChI=1S/C16H35N5.HI/c1-7-20-8-10-21(11-9-20)14(4)12-18-16(17-6)19-15(5)13(2)3;/h13-15H,7-12H2,1-6H3,(H2,17,18,19);1H. The lowest BCUT2D eigenvalue weighted by Crippen LogP contribution is -2.53. The summed E-state index contributed by atoms with van der Waals surface area (Å²) in [6.07, 6.45) is 0. The molecule has 2 unspecified atom stereocenters. The molecule has 1 saturated heterocycles. The molecule has 1 aliphatic rings. The van der Waals surface area contributed by atoms with Gasteiger partial charge in [0.2, 0.25) is 0 Å². The van der Waals surface area contributed by atoms with E-state index in [9.17, 15) is 0 Å². The van der Waals surface area contributed by atoms with Crippen molar-refractivity contribution in [3.63, 3.8) is 0 Å². The smallest absolute Gasteiger partial charge is 0.191 e. The summed E-state index contributed by atoms with van der Waals surface area (Å²) < 4.78 is 0. The first-order valence-corrected chi connectivity index (χ1v) is 8.41. The van der Waals surface area contributed by atoms with Gasteiger partial charge in [-0.05, 0) is 26.3 Å². The highest BCUT2D eigenvalue weighted by Crippen LogP contribution is 2.05. The summed E-state index contributed by atoms with van der Waals surface area (Å²) in [6.45, 7) is 18.0. The molecule has 0 bridgehead atoms. The molecule has 1 rings (SSSR count). The van der Waals surface area contributed by atoms with Gasteiger partial charge >= 0.3 is 0 Å². The maximum atomic E-state index is 4.32. The van der Waals surface area contributed by atoms with Crippen LogP contribution in [0.2, 0.25) is 0 Å². The van der Waals surface area contributed by atoms with Gasteiger partial charge in [0.25, 0.3) is 0 Å². The van der Waals surface area contributed by atoms with Crippen molar-refractivity contribution in [3.8, 4) is 0 Å². The number of nitrogens with zero attached hydrogens (tertiary/aromatic N) is 3. The van der Waals surface area contributed by atoms with Crippen LogP contribution in [-0.4, -0.2) is 74.2 Å². The predicted molar refractivity (Wildman–Crippen MR) is 107 cm³/mol. The zero-order valence-electron chi connectivity index (χ0n) is 15.2. The van der Waals surface area contributed by atoms with E-state index in [1.165, 1.54) is 32.7 Å². The molecule has 2 atom stereocenters. The number of hydrogen-bond acceptors (Lipinski definition) is 3. The third-order valence-corrected chi connectivity index (χ3v) is 4.63. The molecule has 0 saturated carbocycles. The summed E-state index contributed by atoms with van der Waals surface area (Å²) in [4.78, 5) is 9.40.